The van der Waals surface area contributed by atoms with Gasteiger partial charge in [0.1, 0.15) is 5.75 Å². The summed E-state index contributed by atoms with van der Waals surface area (Å²) in [7, 11) is 0. The van der Waals surface area contributed by atoms with E-state index in [9.17, 15) is 9.59 Å². The molecule has 3 aromatic carbocycles. The van der Waals surface area contributed by atoms with Crippen molar-refractivity contribution >= 4 is 29.1 Å². The van der Waals surface area contributed by atoms with Gasteiger partial charge < -0.3 is 4.74 Å². The van der Waals surface area contributed by atoms with E-state index in [0.717, 1.165) is 17.5 Å². The average molecular weight is 476 g/mol. The van der Waals surface area contributed by atoms with E-state index in [1.54, 1.807) is 18.2 Å². The fourth-order valence-corrected chi connectivity index (χ4v) is 3.51. The first-order valence-electron chi connectivity index (χ1n) is 11.2. The van der Waals surface area contributed by atoms with Crippen LogP contribution < -0.4 is 20.9 Å². The smallest absolute Gasteiger partial charge is 0.261 e. The molecule has 0 saturated heterocycles. The molecule has 6 nitrogen and oxygen atoms in total. The zero-order chi connectivity index (χ0) is 24.3. The number of hydrazine groups is 1. The molecule has 34 heavy (non-hydrogen) atoms. The van der Waals surface area contributed by atoms with Gasteiger partial charge in [-0.05, 0) is 47.8 Å². The maximum atomic E-state index is 13.1. The van der Waals surface area contributed by atoms with Crippen LogP contribution in [0, 0.1) is 5.92 Å². The Kier molecular flexibility index (Phi) is 9.17. The van der Waals surface area contributed by atoms with Crippen LogP contribution in [0.5, 0.6) is 5.75 Å². The molecule has 0 radical (unpaired) electrons. The molecule has 0 aliphatic heterocycles. The normalized spacial score (nSPS) is 10.6. The SMILES string of the molecule is CC(C)CCOc1ccccc1C(=O)NC(=S)NNC(=O)C(c1ccccc1)c1ccccc1. The molecule has 0 bridgehead atoms. The van der Waals surface area contributed by atoms with Crippen LogP contribution in [0.15, 0.2) is 84.9 Å². The van der Waals surface area contributed by atoms with E-state index in [0.29, 0.717) is 23.8 Å². The van der Waals surface area contributed by atoms with Gasteiger partial charge in [0.2, 0.25) is 5.91 Å². The summed E-state index contributed by atoms with van der Waals surface area (Å²) >= 11 is 5.23. The maximum Gasteiger partial charge on any atom is 0.261 e. The highest BCUT2D eigenvalue weighted by atomic mass is 32.1. The van der Waals surface area contributed by atoms with Crippen LogP contribution in [0.25, 0.3) is 0 Å². The number of amides is 2. The van der Waals surface area contributed by atoms with E-state index < -0.39 is 11.8 Å². The van der Waals surface area contributed by atoms with Crippen LogP contribution in [0.2, 0.25) is 0 Å². The van der Waals surface area contributed by atoms with Gasteiger partial charge in [-0.3, -0.25) is 25.8 Å². The average Bonchev–Trinajstić information content (AvgIpc) is 2.84. The van der Waals surface area contributed by atoms with E-state index in [1.165, 1.54) is 0 Å². The van der Waals surface area contributed by atoms with Crippen LogP contribution in [0.1, 0.15) is 47.7 Å². The molecular weight excluding hydrogens is 446 g/mol. The van der Waals surface area contributed by atoms with Crippen LogP contribution in [-0.4, -0.2) is 23.5 Å². The first-order chi connectivity index (χ1) is 16.5. The lowest BCUT2D eigenvalue weighted by atomic mass is 9.91. The minimum Gasteiger partial charge on any atom is -0.493 e. The van der Waals surface area contributed by atoms with Gasteiger partial charge in [0.15, 0.2) is 5.11 Å². The predicted molar refractivity (Wildman–Crippen MR) is 137 cm³/mol. The van der Waals surface area contributed by atoms with Crippen molar-refractivity contribution in [1.82, 2.24) is 16.2 Å². The van der Waals surface area contributed by atoms with Crippen molar-refractivity contribution in [2.45, 2.75) is 26.2 Å². The predicted octanol–water partition coefficient (Wildman–Crippen LogP) is 4.58. The standard InChI is InChI=1S/C27H29N3O3S/c1-19(2)17-18-33-23-16-10-9-15-22(23)25(31)28-27(34)30-29-26(32)24(20-11-5-3-6-12-20)21-13-7-4-8-14-21/h3-16,19,24H,17-18H2,1-2H3,(H,29,32)(H2,28,30,31,34). The summed E-state index contributed by atoms with van der Waals surface area (Å²) in [5.41, 5.74) is 7.32. The summed E-state index contributed by atoms with van der Waals surface area (Å²) < 4.78 is 5.78. The van der Waals surface area contributed by atoms with Crippen molar-refractivity contribution in [3.63, 3.8) is 0 Å². The second kappa shape index (κ2) is 12.5. The zero-order valence-electron chi connectivity index (χ0n) is 19.3. The lowest BCUT2D eigenvalue weighted by molar-refractivity contribution is -0.122. The van der Waals surface area contributed by atoms with Gasteiger partial charge in [-0.25, -0.2) is 0 Å². The molecule has 176 valence electrons. The number of carbonyl (C=O) groups excluding carboxylic acids is 2. The van der Waals surface area contributed by atoms with Crippen LogP contribution >= 0.6 is 12.2 Å². The molecule has 0 unspecified atom stereocenters. The molecule has 2 amide bonds. The van der Waals surface area contributed by atoms with Crippen LogP contribution in [0.4, 0.5) is 0 Å². The fraction of sp³-hybridized carbons (Fsp3) is 0.222. The van der Waals surface area contributed by atoms with E-state index in [1.807, 2.05) is 66.7 Å². The summed E-state index contributed by atoms with van der Waals surface area (Å²) in [4.78, 5) is 25.8. The monoisotopic (exact) mass is 475 g/mol. The molecule has 0 aliphatic rings. The number of nitrogens with one attached hydrogen (secondary N) is 3. The van der Waals surface area contributed by atoms with Crippen molar-refractivity contribution in [1.29, 1.82) is 0 Å². The van der Waals surface area contributed by atoms with Gasteiger partial charge >= 0.3 is 0 Å². The third-order valence-electron chi connectivity index (χ3n) is 5.14. The molecular formula is C27H29N3O3S. The second-order valence-electron chi connectivity index (χ2n) is 8.18. The largest absolute Gasteiger partial charge is 0.493 e. The maximum absolute atomic E-state index is 13.1. The van der Waals surface area contributed by atoms with Gasteiger partial charge in [-0.1, -0.05) is 86.6 Å². The number of ether oxygens (including phenoxy) is 1. The Bertz CT molecular complexity index is 1060. The molecule has 0 saturated carbocycles. The van der Waals surface area contributed by atoms with Crippen LogP contribution in [-0.2, 0) is 4.79 Å². The Morgan fingerprint density at radius 1 is 0.824 bits per heavy atom. The summed E-state index contributed by atoms with van der Waals surface area (Å²) in [5, 5.41) is 2.58. The summed E-state index contributed by atoms with van der Waals surface area (Å²) in [6, 6.07) is 25.9. The molecule has 3 aromatic rings. The van der Waals surface area contributed by atoms with Gasteiger partial charge in [0.05, 0.1) is 18.1 Å². The molecule has 7 heteroatoms. The van der Waals surface area contributed by atoms with Crippen LogP contribution in [0.3, 0.4) is 0 Å². The Balaban J connectivity index is 1.62. The minimum absolute atomic E-state index is 0.0183. The summed E-state index contributed by atoms with van der Waals surface area (Å²) in [6.07, 6.45) is 0.881. The lowest BCUT2D eigenvalue weighted by Gasteiger charge is -2.19. The van der Waals surface area contributed by atoms with E-state index in [2.05, 4.69) is 30.0 Å². The van der Waals surface area contributed by atoms with Gasteiger partial charge in [0.25, 0.3) is 5.91 Å². The molecule has 0 atom stereocenters. The summed E-state index contributed by atoms with van der Waals surface area (Å²) in [6.45, 7) is 4.74. The molecule has 0 aliphatic carbocycles. The molecule has 0 heterocycles. The van der Waals surface area contributed by atoms with Crippen molar-refractivity contribution in [2.24, 2.45) is 5.92 Å². The minimum atomic E-state index is -0.538. The quantitative estimate of drug-likeness (QED) is 0.328. The zero-order valence-corrected chi connectivity index (χ0v) is 20.1. The van der Waals surface area contributed by atoms with Crippen molar-refractivity contribution in [3.05, 3.63) is 102 Å². The first kappa shape index (κ1) is 24.9. The van der Waals surface area contributed by atoms with E-state index >= 15 is 0 Å². The van der Waals surface area contributed by atoms with E-state index in [4.69, 9.17) is 17.0 Å². The lowest BCUT2D eigenvalue weighted by Crippen LogP contribution is -2.49. The highest BCUT2D eigenvalue weighted by molar-refractivity contribution is 7.80. The number of carbonyl (C=O) groups is 2. The molecule has 0 aromatic heterocycles. The van der Waals surface area contributed by atoms with E-state index in [-0.39, 0.29) is 11.0 Å². The number of rotatable bonds is 8. The number of para-hydroxylation sites is 1. The van der Waals surface area contributed by atoms with Crippen molar-refractivity contribution in [2.75, 3.05) is 6.61 Å². The Hall–Kier alpha value is -3.71. The number of thiocarbonyl (C=S) groups is 1. The molecule has 3 rings (SSSR count). The molecule has 0 spiro atoms. The van der Waals surface area contributed by atoms with Gasteiger partial charge in [-0.15, -0.1) is 0 Å². The van der Waals surface area contributed by atoms with Gasteiger partial charge in [0, 0.05) is 0 Å². The number of benzene rings is 3. The van der Waals surface area contributed by atoms with Gasteiger partial charge in [-0.2, -0.15) is 0 Å². The first-order valence-corrected chi connectivity index (χ1v) is 11.6. The Morgan fingerprint density at radius 3 is 1.97 bits per heavy atom. The molecule has 3 N–H and O–H groups in total. The highest BCUT2D eigenvalue weighted by Gasteiger charge is 2.23. The summed E-state index contributed by atoms with van der Waals surface area (Å²) in [5.74, 6) is -0.276. The number of hydrogen-bond donors (Lipinski definition) is 3. The highest BCUT2D eigenvalue weighted by Crippen LogP contribution is 2.24. The third-order valence-corrected chi connectivity index (χ3v) is 5.34. The number of hydrogen-bond acceptors (Lipinski definition) is 4. The Morgan fingerprint density at radius 2 is 1.38 bits per heavy atom. The fourth-order valence-electron chi connectivity index (χ4n) is 3.36. The topological polar surface area (TPSA) is 79.5 Å². The second-order valence-corrected chi connectivity index (χ2v) is 8.59. The van der Waals surface area contributed by atoms with Crippen molar-refractivity contribution < 1.29 is 14.3 Å². The third kappa shape index (κ3) is 7.15. The molecule has 0 fully saturated rings. The van der Waals surface area contributed by atoms with Crippen molar-refractivity contribution in [3.8, 4) is 5.75 Å². The Labute approximate surface area is 205 Å².